The summed E-state index contributed by atoms with van der Waals surface area (Å²) < 4.78 is 26.3. The summed E-state index contributed by atoms with van der Waals surface area (Å²) in [5.41, 5.74) is 5.11. The highest BCUT2D eigenvalue weighted by molar-refractivity contribution is 6.99. The van der Waals surface area contributed by atoms with E-state index in [1.807, 2.05) is 60.7 Å². The first-order valence-electron chi connectivity index (χ1n) is 14.7. The molecular formula is C37H41FO5Si. The van der Waals surface area contributed by atoms with Crippen LogP contribution < -0.4 is 15.1 Å². The van der Waals surface area contributed by atoms with Gasteiger partial charge in [0.25, 0.3) is 8.32 Å². The van der Waals surface area contributed by atoms with Crippen molar-refractivity contribution in [2.45, 2.75) is 50.9 Å². The van der Waals surface area contributed by atoms with E-state index >= 15 is 0 Å². The molecule has 2 atom stereocenters. The number of hydrogen-bond donors (Lipinski definition) is 3. The second-order valence-electron chi connectivity index (χ2n) is 11.9. The Labute approximate surface area is 260 Å². The van der Waals surface area contributed by atoms with E-state index in [1.54, 1.807) is 13.2 Å². The minimum atomic E-state index is -2.87. The van der Waals surface area contributed by atoms with Crippen LogP contribution in [0, 0.1) is 5.82 Å². The highest BCUT2D eigenvalue weighted by atomic mass is 28.4. The van der Waals surface area contributed by atoms with Crippen molar-refractivity contribution in [3.05, 3.63) is 137 Å². The quantitative estimate of drug-likeness (QED) is 0.122. The van der Waals surface area contributed by atoms with E-state index in [1.165, 1.54) is 12.1 Å². The summed E-state index contributed by atoms with van der Waals surface area (Å²) in [5, 5.41) is 33.5. The molecule has 0 bridgehead atoms. The minimum absolute atomic E-state index is 0.158. The van der Waals surface area contributed by atoms with Gasteiger partial charge in [-0.15, -0.1) is 5.73 Å². The highest BCUT2D eigenvalue weighted by Gasteiger charge is 2.50. The normalized spacial score (nSPS) is 13.1. The smallest absolute Gasteiger partial charge is 0.261 e. The van der Waals surface area contributed by atoms with Gasteiger partial charge in [-0.2, -0.15) is 0 Å². The van der Waals surface area contributed by atoms with Crippen LogP contribution in [0.15, 0.2) is 121 Å². The largest absolute Gasteiger partial charge is 0.505 e. The molecule has 0 spiro atoms. The number of benzene rings is 4. The molecular weight excluding hydrogens is 571 g/mol. The number of ether oxygens (including phenoxy) is 1. The molecule has 0 radical (unpaired) electrons. The maximum absolute atomic E-state index is 13.9. The number of phenolic OH excluding ortho intramolecular Hbond substituents is 1. The van der Waals surface area contributed by atoms with Gasteiger partial charge in [0.15, 0.2) is 11.6 Å². The van der Waals surface area contributed by atoms with Crippen LogP contribution in [0.25, 0.3) is 0 Å². The summed E-state index contributed by atoms with van der Waals surface area (Å²) in [4.78, 5) is 0. The molecule has 0 aromatic heterocycles. The lowest BCUT2D eigenvalue weighted by Crippen LogP contribution is -2.66. The Morgan fingerprint density at radius 3 is 1.93 bits per heavy atom. The Bertz CT molecular complexity index is 1520. The van der Waals surface area contributed by atoms with Crippen molar-refractivity contribution >= 4 is 18.7 Å². The van der Waals surface area contributed by atoms with Gasteiger partial charge < -0.3 is 24.5 Å². The fraction of sp³-hybridized carbons (Fsp3) is 0.270. The molecule has 4 aromatic carbocycles. The third-order valence-corrected chi connectivity index (χ3v) is 12.8. The molecule has 0 unspecified atom stereocenters. The van der Waals surface area contributed by atoms with E-state index in [-0.39, 0.29) is 24.5 Å². The van der Waals surface area contributed by atoms with Gasteiger partial charge in [0.05, 0.1) is 25.9 Å². The van der Waals surface area contributed by atoms with Gasteiger partial charge in [-0.25, -0.2) is 4.39 Å². The van der Waals surface area contributed by atoms with E-state index in [9.17, 15) is 19.7 Å². The molecule has 0 aliphatic rings. The maximum Gasteiger partial charge on any atom is 0.261 e. The van der Waals surface area contributed by atoms with Crippen LogP contribution in [0.5, 0.6) is 11.5 Å². The van der Waals surface area contributed by atoms with E-state index in [4.69, 9.17) is 9.16 Å². The maximum atomic E-state index is 13.9. The second kappa shape index (κ2) is 14.7. The molecule has 0 aliphatic heterocycles. The molecule has 0 fully saturated rings. The molecule has 0 saturated heterocycles. The molecule has 7 heteroatoms. The zero-order valence-corrected chi connectivity index (χ0v) is 26.7. The summed E-state index contributed by atoms with van der Waals surface area (Å²) >= 11 is 0. The molecule has 4 rings (SSSR count). The molecule has 0 aliphatic carbocycles. The predicted octanol–water partition coefficient (Wildman–Crippen LogP) is 6.75. The van der Waals surface area contributed by atoms with E-state index in [0.29, 0.717) is 11.3 Å². The van der Waals surface area contributed by atoms with Gasteiger partial charge >= 0.3 is 0 Å². The third-order valence-electron chi connectivity index (χ3n) is 7.82. The fourth-order valence-electron chi connectivity index (χ4n) is 5.48. The van der Waals surface area contributed by atoms with Crippen LogP contribution in [0.2, 0.25) is 5.04 Å². The average Bonchev–Trinajstić information content (AvgIpc) is 3.02. The Morgan fingerprint density at radius 2 is 1.41 bits per heavy atom. The number of rotatable bonds is 12. The second-order valence-corrected chi connectivity index (χ2v) is 16.2. The summed E-state index contributed by atoms with van der Waals surface area (Å²) in [6.07, 6.45) is 0.287. The van der Waals surface area contributed by atoms with Crippen LogP contribution in [0.4, 0.5) is 4.39 Å². The van der Waals surface area contributed by atoms with Gasteiger partial charge in [-0.3, -0.25) is 0 Å². The van der Waals surface area contributed by atoms with Crippen LogP contribution in [-0.2, 0) is 4.43 Å². The molecule has 5 nitrogen and oxygen atoms in total. The first kappa shape index (κ1) is 32.9. The van der Waals surface area contributed by atoms with Crippen LogP contribution in [0.3, 0.4) is 0 Å². The van der Waals surface area contributed by atoms with Crippen molar-refractivity contribution in [2.24, 2.45) is 0 Å². The van der Waals surface area contributed by atoms with Gasteiger partial charge in [0.2, 0.25) is 0 Å². The van der Waals surface area contributed by atoms with Crippen LogP contribution in [0.1, 0.15) is 56.9 Å². The van der Waals surface area contributed by atoms with E-state index in [2.05, 4.69) is 50.8 Å². The number of methoxy groups -OCH3 is 1. The predicted molar refractivity (Wildman–Crippen MR) is 175 cm³/mol. The minimum Gasteiger partial charge on any atom is -0.505 e. The average molecular weight is 613 g/mol. The van der Waals surface area contributed by atoms with Crippen molar-refractivity contribution in [1.29, 1.82) is 0 Å². The van der Waals surface area contributed by atoms with Gasteiger partial charge in [0.1, 0.15) is 5.75 Å². The lowest BCUT2D eigenvalue weighted by atomic mass is 10.0. The molecule has 44 heavy (non-hydrogen) atoms. The number of aliphatic hydroxyl groups excluding tert-OH is 2. The lowest BCUT2D eigenvalue weighted by molar-refractivity contribution is 0.172. The van der Waals surface area contributed by atoms with Gasteiger partial charge in [0, 0.05) is 12.8 Å². The van der Waals surface area contributed by atoms with Crippen molar-refractivity contribution in [2.75, 3.05) is 13.7 Å². The molecule has 3 N–H and O–H groups in total. The monoisotopic (exact) mass is 612 g/mol. The number of hydrogen-bond acceptors (Lipinski definition) is 5. The van der Waals surface area contributed by atoms with Crippen LogP contribution in [-0.4, -0.2) is 37.4 Å². The number of phenols is 1. The van der Waals surface area contributed by atoms with Crippen molar-refractivity contribution in [3.8, 4) is 11.5 Å². The fourth-order valence-corrected chi connectivity index (χ4v) is 10.0. The van der Waals surface area contributed by atoms with Gasteiger partial charge in [-0.05, 0) is 62.5 Å². The summed E-state index contributed by atoms with van der Waals surface area (Å²) in [6.45, 7) is 6.83. The summed E-state index contributed by atoms with van der Waals surface area (Å²) in [5.74, 6) is -0.555. The Morgan fingerprint density at radius 1 is 0.841 bits per heavy atom. The Kier molecular flexibility index (Phi) is 11.0. The van der Waals surface area contributed by atoms with E-state index < -0.39 is 32.1 Å². The Hall–Kier alpha value is -3.97. The standard InChI is InChI=1S/C37H41FO5Si/c1-37(2,3)44(31-13-7-5-8-14-31,32-15-9-6-10-16-32)43-26-27(24-36(41)28-18-21-30(42-4)22-19-28)12-11-17-34(39)29-20-23-35(40)33(38)25-29/h5-11,13-16,18-23,25,34,36,39-41H,17,24,26H2,1-4H3/t12?,34-,36-/m1/s1. The van der Waals surface area contributed by atoms with Crippen molar-refractivity contribution in [1.82, 2.24) is 0 Å². The number of aliphatic hydroxyl groups is 2. The molecule has 0 saturated carbocycles. The zero-order chi connectivity index (χ0) is 31.7. The molecule has 4 aromatic rings. The topological polar surface area (TPSA) is 79.2 Å². The number of halogens is 1. The van der Waals surface area contributed by atoms with E-state index in [0.717, 1.165) is 27.6 Å². The van der Waals surface area contributed by atoms with Crippen LogP contribution >= 0.6 is 0 Å². The molecule has 0 amide bonds. The first-order valence-corrected chi connectivity index (χ1v) is 16.6. The summed E-state index contributed by atoms with van der Waals surface area (Å²) in [7, 11) is -1.27. The Balaban J connectivity index is 1.70. The SMILES string of the molecule is COc1ccc([C@H](O)CC(=C=CC[C@@H](O)c2ccc(O)c(F)c2)CO[Si](c2ccccc2)(c2ccccc2)C(C)(C)C)cc1. The lowest BCUT2D eigenvalue weighted by Gasteiger charge is -2.43. The third kappa shape index (κ3) is 7.75. The molecule has 0 heterocycles. The zero-order valence-electron chi connectivity index (χ0n) is 25.7. The van der Waals surface area contributed by atoms with Crippen molar-refractivity contribution in [3.63, 3.8) is 0 Å². The highest BCUT2D eigenvalue weighted by Crippen LogP contribution is 2.37. The molecule has 230 valence electrons. The van der Waals surface area contributed by atoms with Gasteiger partial charge in [-0.1, -0.05) is 99.6 Å². The van der Waals surface area contributed by atoms with Crippen molar-refractivity contribution < 1.29 is 28.9 Å². The first-order chi connectivity index (χ1) is 21.0. The summed E-state index contributed by atoms with van der Waals surface area (Å²) in [6, 6.07) is 31.8. The number of aromatic hydroxyl groups is 1.